The van der Waals surface area contributed by atoms with Crippen molar-refractivity contribution in [2.75, 3.05) is 10.6 Å². The van der Waals surface area contributed by atoms with E-state index >= 15 is 0 Å². The summed E-state index contributed by atoms with van der Waals surface area (Å²) in [5.74, 6) is 0.800. The molecule has 0 bridgehead atoms. The maximum Gasteiger partial charge on any atom is 0.225 e. The van der Waals surface area contributed by atoms with E-state index in [0.717, 1.165) is 18.2 Å². The van der Waals surface area contributed by atoms with E-state index in [4.69, 9.17) is 0 Å². The second-order valence-electron chi connectivity index (χ2n) is 5.04. The fraction of sp³-hybridized carbons (Fsp3) is 0.375. The summed E-state index contributed by atoms with van der Waals surface area (Å²) in [6, 6.07) is 7.17. The van der Waals surface area contributed by atoms with E-state index in [2.05, 4.69) is 20.6 Å². The van der Waals surface area contributed by atoms with Gasteiger partial charge in [-0.25, -0.2) is 9.97 Å². The van der Waals surface area contributed by atoms with Gasteiger partial charge in [0.15, 0.2) is 5.65 Å². The average Bonchev–Trinajstić information content (AvgIpc) is 2.47. The van der Waals surface area contributed by atoms with Crippen LogP contribution in [-0.2, 0) is 9.59 Å². The number of hydrogen-bond acceptors (Lipinski definition) is 4. The van der Waals surface area contributed by atoms with Crippen LogP contribution in [0.4, 0.5) is 11.6 Å². The Balaban J connectivity index is 2.19. The Labute approximate surface area is 129 Å². The van der Waals surface area contributed by atoms with Crippen molar-refractivity contribution >= 4 is 34.5 Å². The quantitative estimate of drug-likeness (QED) is 0.858. The lowest BCUT2D eigenvalue weighted by atomic mass is 10.2. The second kappa shape index (κ2) is 7.49. The number of amides is 2. The minimum Gasteiger partial charge on any atom is -0.311 e. The lowest BCUT2D eigenvalue weighted by Gasteiger charge is -2.07. The summed E-state index contributed by atoms with van der Waals surface area (Å²) >= 11 is 0. The van der Waals surface area contributed by atoms with Gasteiger partial charge in [0.25, 0.3) is 0 Å². The molecule has 22 heavy (non-hydrogen) atoms. The number of fused-ring (bicyclic) bond motifs is 1. The Morgan fingerprint density at radius 3 is 1.73 bits per heavy atom. The van der Waals surface area contributed by atoms with Gasteiger partial charge in [-0.15, -0.1) is 0 Å². The van der Waals surface area contributed by atoms with Gasteiger partial charge in [0.1, 0.15) is 11.6 Å². The van der Waals surface area contributed by atoms with E-state index in [0.29, 0.717) is 30.1 Å². The van der Waals surface area contributed by atoms with Gasteiger partial charge in [-0.2, -0.15) is 0 Å². The highest BCUT2D eigenvalue weighted by atomic mass is 16.2. The summed E-state index contributed by atoms with van der Waals surface area (Å²) < 4.78 is 0. The van der Waals surface area contributed by atoms with Crippen molar-refractivity contribution in [3.05, 3.63) is 24.3 Å². The summed E-state index contributed by atoms with van der Waals surface area (Å²) in [7, 11) is 0. The average molecular weight is 300 g/mol. The van der Waals surface area contributed by atoms with Crippen LogP contribution < -0.4 is 10.6 Å². The zero-order valence-electron chi connectivity index (χ0n) is 12.8. The standard InChI is InChI=1S/C16H20N4O2/c1-3-5-14(21)17-12-9-7-11-8-10-13(20-16(11)19-12)18-15(22)6-4-2/h7-10H,3-6H2,1-2H3,(H2,17,18,19,20,21,22). The molecule has 2 amide bonds. The van der Waals surface area contributed by atoms with Crippen LogP contribution in [0.1, 0.15) is 39.5 Å². The molecule has 0 saturated carbocycles. The van der Waals surface area contributed by atoms with Crippen molar-refractivity contribution in [2.24, 2.45) is 0 Å². The lowest BCUT2D eigenvalue weighted by molar-refractivity contribution is -0.117. The zero-order valence-corrected chi connectivity index (χ0v) is 12.8. The van der Waals surface area contributed by atoms with Gasteiger partial charge in [-0.3, -0.25) is 9.59 Å². The first-order chi connectivity index (χ1) is 10.6. The van der Waals surface area contributed by atoms with Gasteiger partial charge in [-0.1, -0.05) is 13.8 Å². The number of nitrogens with one attached hydrogen (secondary N) is 2. The van der Waals surface area contributed by atoms with Crippen molar-refractivity contribution in [1.82, 2.24) is 9.97 Å². The fourth-order valence-corrected chi connectivity index (χ4v) is 2.00. The minimum absolute atomic E-state index is 0.0678. The van der Waals surface area contributed by atoms with Crippen LogP contribution in [0.5, 0.6) is 0 Å². The predicted molar refractivity (Wildman–Crippen MR) is 86.6 cm³/mol. The van der Waals surface area contributed by atoms with Gasteiger partial charge < -0.3 is 10.6 Å². The maximum atomic E-state index is 11.6. The van der Waals surface area contributed by atoms with Crippen molar-refractivity contribution in [3.8, 4) is 0 Å². The highest BCUT2D eigenvalue weighted by Crippen LogP contribution is 2.16. The number of pyridine rings is 2. The van der Waals surface area contributed by atoms with E-state index in [9.17, 15) is 9.59 Å². The molecule has 6 nitrogen and oxygen atoms in total. The van der Waals surface area contributed by atoms with Crippen LogP contribution in [0.3, 0.4) is 0 Å². The molecule has 0 unspecified atom stereocenters. The van der Waals surface area contributed by atoms with Crippen LogP contribution in [-0.4, -0.2) is 21.8 Å². The third kappa shape index (κ3) is 4.25. The SMILES string of the molecule is CCCC(=O)Nc1ccc2ccc(NC(=O)CCC)nc2n1. The Morgan fingerprint density at radius 2 is 1.32 bits per heavy atom. The van der Waals surface area contributed by atoms with Gasteiger partial charge in [0.05, 0.1) is 0 Å². The molecule has 0 aliphatic carbocycles. The molecule has 0 radical (unpaired) electrons. The molecule has 0 fully saturated rings. The zero-order chi connectivity index (χ0) is 15.9. The third-order valence-corrected chi connectivity index (χ3v) is 3.04. The number of carbonyl (C=O) groups is 2. The summed E-state index contributed by atoms with van der Waals surface area (Å²) in [6.45, 7) is 3.89. The van der Waals surface area contributed by atoms with Crippen molar-refractivity contribution in [2.45, 2.75) is 39.5 Å². The van der Waals surface area contributed by atoms with Gasteiger partial charge in [-0.05, 0) is 37.1 Å². The predicted octanol–water partition coefficient (Wildman–Crippen LogP) is 3.11. The summed E-state index contributed by atoms with van der Waals surface area (Å²) in [6.07, 6.45) is 2.48. The van der Waals surface area contributed by atoms with E-state index in [1.54, 1.807) is 12.1 Å². The van der Waals surface area contributed by atoms with Crippen LogP contribution in [0.2, 0.25) is 0 Å². The minimum atomic E-state index is -0.0678. The molecule has 116 valence electrons. The normalized spacial score (nSPS) is 10.5. The molecular weight excluding hydrogens is 280 g/mol. The van der Waals surface area contributed by atoms with Gasteiger partial charge in [0, 0.05) is 18.2 Å². The third-order valence-electron chi connectivity index (χ3n) is 3.04. The van der Waals surface area contributed by atoms with Crippen molar-refractivity contribution in [1.29, 1.82) is 0 Å². The molecule has 2 aromatic rings. The lowest BCUT2D eigenvalue weighted by Crippen LogP contribution is -2.13. The molecule has 0 aliphatic heterocycles. The molecular formula is C16H20N4O2. The fourth-order valence-electron chi connectivity index (χ4n) is 2.00. The van der Waals surface area contributed by atoms with E-state index in [-0.39, 0.29) is 11.8 Å². The smallest absolute Gasteiger partial charge is 0.225 e. The highest BCUT2D eigenvalue weighted by Gasteiger charge is 2.06. The Kier molecular flexibility index (Phi) is 5.41. The Bertz CT molecular complexity index is 630. The molecule has 2 N–H and O–H groups in total. The largest absolute Gasteiger partial charge is 0.311 e. The Hall–Kier alpha value is -2.50. The molecule has 2 heterocycles. The molecule has 0 aliphatic rings. The first-order valence-electron chi connectivity index (χ1n) is 7.50. The van der Waals surface area contributed by atoms with E-state index in [1.807, 2.05) is 26.0 Å². The first kappa shape index (κ1) is 15.9. The van der Waals surface area contributed by atoms with Crippen LogP contribution >= 0.6 is 0 Å². The molecule has 6 heteroatoms. The topological polar surface area (TPSA) is 84.0 Å². The van der Waals surface area contributed by atoms with Crippen LogP contribution in [0.25, 0.3) is 11.0 Å². The van der Waals surface area contributed by atoms with E-state index in [1.165, 1.54) is 0 Å². The summed E-state index contributed by atoms with van der Waals surface area (Å²) in [4.78, 5) is 31.8. The first-order valence-corrected chi connectivity index (χ1v) is 7.50. The van der Waals surface area contributed by atoms with Crippen LogP contribution in [0, 0.1) is 0 Å². The van der Waals surface area contributed by atoms with Crippen molar-refractivity contribution < 1.29 is 9.59 Å². The molecule has 0 atom stereocenters. The molecule has 2 rings (SSSR count). The molecule has 2 aromatic heterocycles. The monoisotopic (exact) mass is 300 g/mol. The van der Waals surface area contributed by atoms with Gasteiger partial charge in [0.2, 0.25) is 11.8 Å². The highest BCUT2D eigenvalue weighted by molar-refractivity contribution is 5.92. The number of rotatable bonds is 6. The second-order valence-corrected chi connectivity index (χ2v) is 5.04. The molecule has 0 aromatic carbocycles. The molecule has 0 saturated heterocycles. The number of hydrogen-bond donors (Lipinski definition) is 2. The van der Waals surface area contributed by atoms with E-state index < -0.39 is 0 Å². The van der Waals surface area contributed by atoms with Crippen LogP contribution in [0.15, 0.2) is 24.3 Å². The summed E-state index contributed by atoms with van der Waals surface area (Å²) in [5.41, 5.74) is 0.489. The number of carbonyl (C=O) groups excluding carboxylic acids is 2. The van der Waals surface area contributed by atoms with Gasteiger partial charge >= 0.3 is 0 Å². The number of nitrogens with zero attached hydrogens (tertiary/aromatic N) is 2. The molecule has 0 spiro atoms. The number of aromatic nitrogens is 2. The maximum absolute atomic E-state index is 11.6. The summed E-state index contributed by atoms with van der Waals surface area (Å²) in [5, 5.41) is 6.33. The Morgan fingerprint density at radius 1 is 0.864 bits per heavy atom. The number of anilines is 2. The van der Waals surface area contributed by atoms with Crippen molar-refractivity contribution in [3.63, 3.8) is 0 Å².